The summed E-state index contributed by atoms with van der Waals surface area (Å²) in [6, 6.07) is 65.2. The van der Waals surface area contributed by atoms with Crippen LogP contribution in [0.3, 0.4) is 0 Å². The molecule has 16 rings (SSSR count). The largest absolute Gasteiger partial charge is 0.497 e. The molecule has 4 N–H and O–H groups in total. The minimum Gasteiger partial charge on any atom is -0.497 e. The summed E-state index contributed by atoms with van der Waals surface area (Å²) < 4.78 is 124. The topological polar surface area (TPSA) is 373 Å². The number of ether oxygens (including phenoxy) is 9. The van der Waals surface area contributed by atoms with E-state index in [9.17, 15) is 41.1 Å². The standard InChI is InChI=1S/C53H57N7O10SSi.C37H40N6O9S/c1-35(2)47(61)56-50-55-46-43(48(57-50)68-51(62)60(39-20-14-10-15-21-39)40-22-16-11-17-23-40)54-34-58(46)49-44-45(70-72(6,7)8)52(69-49,32-59(44)71(5,63)64)33-67-53(36-18-12-9-13-19-36,37-24-28-41(65-3)29-25-37)38-26-30-42(66-4)31-27-38;1-22(2)32(45)40-35-39-31-28(33(46)41-35)38-21-42(31)34-29-30(44)36(52-34,19-43(29)53(5,47)48)20-51-37(23-9-7-6-8-10-23,24-11-15-26(49-3)16-12-24)25-13-17-27(50-4)18-14-25/h9-31,34-35,44-45,49H,32-33H2,1-8H3,(H,55,56,57,61);6-18,21-22,29-30,34,44H,19-20H2,1-5H3,(H2,39,40,41,45,46)/t44-,45+,49-,52-;29-,30+,34-,36-/m11/s1. The van der Waals surface area contributed by atoms with Crippen molar-refractivity contribution >= 4 is 91.9 Å². The summed E-state index contributed by atoms with van der Waals surface area (Å²) in [6.45, 7) is 12.1. The van der Waals surface area contributed by atoms with Crippen LogP contribution in [0.4, 0.5) is 28.1 Å². The van der Waals surface area contributed by atoms with E-state index in [1.54, 1.807) is 109 Å². The SMILES string of the molecule is COc1ccc(C(OC[C@@]23CN(S(C)(=O)=O)[C@@H]([C@H](n4cnc5c(=O)[nH]c(NC(=O)C(C)C)nc54)O2)[C@@H]3O)(c2ccccc2)c2ccc(OC)cc2)cc1.COc1ccc(C(OC[C@@]23CN(S(C)(=O)=O)[C@@H]([C@H](n4cnc5c(OC(=O)N(c6ccccc6)c6ccccc6)nc(NC(=O)C(C)C)nc54)O2)[C@@H]3O[Si](C)(C)C)(c2ccccc2)c2ccc(OC)cc2)cc1. The van der Waals surface area contributed by atoms with Crippen molar-refractivity contribution in [2.24, 2.45) is 11.8 Å². The molecule has 0 radical (unpaired) electrons. The van der Waals surface area contributed by atoms with Gasteiger partial charge in [-0.2, -0.15) is 23.6 Å². The number of benzene rings is 8. The number of sulfonamides is 2. The van der Waals surface area contributed by atoms with Gasteiger partial charge in [0.25, 0.3) is 11.4 Å². The molecule has 125 heavy (non-hydrogen) atoms. The number of para-hydroxylation sites is 2. The maximum absolute atomic E-state index is 14.4. The molecule has 0 saturated carbocycles. The van der Waals surface area contributed by atoms with Crippen molar-refractivity contribution in [3.05, 3.63) is 275 Å². The fourth-order valence-corrected chi connectivity index (χ4v) is 19.8. The molecule has 12 aromatic rings. The van der Waals surface area contributed by atoms with Crippen LogP contribution in [-0.4, -0.2) is 199 Å². The molecule has 32 nitrogen and oxygen atoms in total. The van der Waals surface area contributed by atoms with Gasteiger partial charge in [-0.3, -0.25) is 39.1 Å². The van der Waals surface area contributed by atoms with Crippen LogP contribution in [0.25, 0.3) is 22.3 Å². The number of amides is 3. The minimum absolute atomic E-state index is 0.0252. The van der Waals surface area contributed by atoms with Crippen LogP contribution in [0.5, 0.6) is 28.9 Å². The summed E-state index contributed by atoms with van der Waals surface area (Å²) in [5.41, 5.74) is -0.630. The van der Waals surface area contributed by atoms with Crippen molar-refractivity contribution in [3.8, 4) is 28.9 Å². The zero-order chi connectivity index (χ0) is 88.7. The van der Waals surface area contributed by atoms with Crippen LogP contribution >= 0.6 is 0 Å². The van der Waals surface area contributed by atoms with E-state index >= 15 is 0 Å². The monoisotopic (exact) mass is 1760 g/mol. The number of imidazole rings is 2. The summed E-state index contributed by atoms with van der Waals surface area (Å²) in [6.07, 6.45) is -0.464. The third kappa shape index (κ3) is 17.1. The van der Waals surface area contributed by atoms with Crippen LogP contribution < -0.4 is 44.8 Å². The molecular formula is C90H97N13O19S2Si. The second-order valence-electron chi connectivity index (χ2n) is 32.5. The lowest BCUT2D eigenvalue weighted by atomic mass is 9.79. The molecule has 4 aliphatic rings. The average molecular weight is 1760 g/mol. The highest BCUT2D eigenvalue weighted by atomic mass is 32.2. The molecule has 4 saturated heterocycles. The van der Waals surface area contributed by atoms with Gasteiger partial charge in [0.2, 0.25) is 43.8 Å². The number of nitrogens with one attached hydrogen (secondary N) is 3. The normalized spacial score (nSPS) is 20.2. The van der Waals surface area contributed by atoms with Crippen LogP contribution in [-0.2, 0) is 64.2 Å². The third-order valence-electron chi connectivity index (χ3n) is 22.5. The first-order valence-corrected chi connectivity index (χ1v) is 47.4. The number of aliphatic hydroxyl groups excluding tert-OH is 1. The lowest BCUT2D eigenvalue weighted by Crippen LogP contribution is -2.52. The highest BCUT2D eigenvalue weighted by Gasteiger charge is 2.70. The van der Waals surface area contributed by atoms with Crippen molar-refractivity contribution < 1.29 is 83.4 Å². The van der Waals surface area contributed by atoms with E-state index in [1.807, 2.05) is 189 Å². The van der Waals surface area contributed by atoms with E-state index in [0.29, 0.717) is 34.4 Å². The van der Waals surface area contributed by atoms with Crippen molar-refractivity contribution in [3.63, 3.8) is 0 Å². The molecule has 652 valence electrons. The number of hydrogen-bond acceptors (Lipinski definition) is 24. The fourth-order valence-electron chi connectivity index (χ4n) is 16.4. The molecule has 4 aliphatic heterocycles. The van der Waals surface area contributed by atoms with E-state index in [4.69, 9.17) is 57.0 Å². The fraction of sp³-hybridized carbons (Fsp3) is 0.322. The first kappa shape index (κ1) is 87.8. The zero-order valence-corrected chi connectivity index (χ0v) is 73.6. The number of aromatic nitrogens is 8. The second-order valence-corrected chi connectivity index (χ2v) is 40.8. The van der Waals surface area contributed by atoms with Crippen molar-refractivity contribution in [1.82, 2.24) is 47.6 Å². The van der Waals surface area contributed by atoms with Gasteiger partial charge < -0.3 is 52.2 Å². The highest BCUT2D eigenvalue weighted by Crippen LogP contribution is 2.55. The Morgan fingerprint density at radius 3 is 1.33 bits per heavy atom. The Hall–Kier alpha value is -12.1. The van der Waals surface area contributed by atoms with Gasteiger partial charge in [0.15, 0.2) is 43.1 Å². The van der Waals surface area contributed by atoms with Crippen LogP contribution in [0, 0.1) is 11.8 Å². The Balaban J connectivity index is 0.000000202. The lowest BCUT2D eigenvalue weighted by Gasteiger charge is -2.41. The molecular weight excluding hydrogens is 1660 g/mol. The molecule has 0 aliphatic carbocycles. The number of anilines is 4. The number of rotatable bonds is 29. The molecule has 3 amide bonds. The number of nitrogens with zero attached hydrogens (tertiary/aromatic N) is 10. The number of morpholine rings is 2. The maximum Gasteiger partial charge on any atom is 0.425 e. The summed E-state index contributed by atoms with van der Waals surface area (Å²) in [4.78, 5) is 79.8. The molecule has 0 unspecified atom stereocenters. The second kappa shape index (κ2) is 35.1. The summed E-state index contributed by atoms with van der Waals surface area (Å²) in [7, 11) is -4.06. The van der Waals surface area contributed by atoms with Gasteiger partial charge in [-0.25, -0.2) is 36.5 Å². The Bertz CT molecular complexity index is 6070. The minimum atomic E-state index is -3.98. The van der Waals surface area contributed by atoms with Crippen molar-refractivity contribution in [1.29, 1.82) is 0 Å². The van der Waals surface area contributed by atoms with Crippen molar-refractivity contribution in [2.75, 3.05) is 82.8 Å². The number of hydrogen-bond donors (Lipinski definition) is 4. The highest BCUT2D eigenvalue weighted by molar-refractivity contribution is 7.88. The Labute approximate surface area is 723 Å². The Kier molecular flexibility index (Phi) is 24.7. The van der Waals surface area contributed by atoms with Crippen LogP contribution in [0.2, 0.25) is 19.6 Å². The number of aliphatic hydroxyl groups is 1. The average Bonchev–Trinajstić information content (AvgIpc) is 1.54. The Morgan fingerprint density at radius 2 is 0.904 bits per heavy atom. The van der Waals surface area contributed by atoms with E-state index in [1.165, 1.54) is 30.7 Å². The number of fused-ring (bicyclic) bond motifs is 6. The molecule has 4 bridgehead atoms. The number of carbonyl (C=O) groups excluding carboxylic acids is 3. The predicted molar refractivity (Wildman–Crippen MR) is 469 cm³/mol. The maximum atomic E-state index is 14.4. The number of H-pyrrole nitrogens is 1. The molecule has 8 aromatic carbocycles. The van der Waals surface area contributed by atoms with Gasteiger partial charge in [0, 0.05) is 24.9 Å². The van der Waals surface area contributed by atoms with Crippen LogP contribution in [0.15, 0.2) is 236 Å². The van der Waals surface area contributed by atoms with E-state index < -0.39 is 117 Å². The van der Waals surface area contributed by atoms with Gasteiger partial charge in [-0.15, -0.1) is 0 Å². The van der Waals surface area contributed by atoms with Crippen LogP contribution in [0.1, 0.15) is 73.5 Å². The van der Waals surface area contributed by atoms with Gasteiger partial charge in [0.05, 0.1) is 96.4 Å². The van der Waals surface area contributed by atoms with E-state index in [-0.39, 0.29) is 72.3 Å². The first-order valence-electron chi connectivity index (χ1n) is 40.3. The number of carbonyl (C=O) groups is 3. The predicted octanol–water partition coefficient (Wildman–Crippen LogP) is 11.9. The molecule has 35 heteroatoms. The van der Waals surface area contributed by atoms with E-state index in [0.717, 1.165) is 45.9 Å². The first-order chi connectivity index (χ1) is 59.7. The lowest BCUT2D eigenvalue weighted by molar-refractivity contribution is -0.169. The van der Waals surface area contributed by atoms with Gasteiger partial charge in [-0.05, 0) is 126 Å². The molecule has 4 fully saturated rings. The number of methoxy groups -OCH3 is 4. The molecule has 8 heterocycles. The molecule has 4 aromatic heterocycles. The molecule has 0 spiro atoms. The van der Waals surface area contributed by atoms with E-state index in [2.05, 4.69) is 30.6 Å². The summed E-state index contributed by atoms with van der Waals surface area (Å²) in [5, 5.41) is 17.4. The summed E-state index contributed by atoms with van der Waals surface area (Å²) >= 11 is 0. The molecule has 8 atom stereocenters. The van der Waals surface area contributed by atoms with Gasteiger partial charge >= 0.3 is 6.09 Å². The quantitative estimate of drug-likeness (QED) is 0.0250. The smallest absolute Gasteiger partial charge is 0.425 e. The Morgan fingerprint density at radius 1 is 0.528 bits per heavy atom. The van der Waals surface area contributed by atoms with Crippen molar-refractivity contribution in [2.45, 2.75) is 106 Å². The zero-order valence-electron chi connectivity index (χ0n) is 71.0. The van der Waals surface area contributed by atoms with Gasteiger partial charge in [0.1, 0.15) is 51.5 Å². The number of aromatic amines is 1. The van der Waals surface area contributed by atoms with Gasteiger partial charge in [-0.1, -0.05) is 173 Å². The summed E-state index contributed by atoms with van der Waals surface area (Å²) in [5.74, 6) is 0.364. The third-order valence-corrected chi connectivity index (χ3v) is 25.9.